The fourth-order valence-corrected chi connectivity index (χ4v) is 1.73. The lowest BCUT2D eigenvalue weighted by Gasteiger charge is -1.98. The average molecular weight is 226 g/mol. The van der Waals surface area contributed by atoms with Crippen molar-refractivity contribution in [3.8, 4) is 11.8 Å². The van der Waals surface area contributed by atoms with Crippen molar-refractivity contribution in [2.45, 2.75) is 46.0 Å². The Hall–Kier alpha value is -1.48. The van der Waals surface area contributed by atoms with Gasteiger partial charge in [0, 0.05) is 12.8 Å². The Morgan fingerprint density at radius 2 is 2.00 bits per heavy atom. The van der Waals surface area contributed by atoms with Crippen LogP contribution < -0.4 is 0 Å². The molecule has 0 aliphatic carbocycles. The predicted molar refractivity (Wildman–Crippen MR) is 75.9 cm³/mol. The van der Waals surface area contributed by atoms with Gasteiger partial charge in [0.1, 0.15) is 0 Å². The standard InChI is InChI=1S/C17H22/c1-15(2)10-7-5-4-6-8-12-17-13-9-11-16(3)14-17/h9,11,13-14H,1,5,7-8,10,12H2,2-3H3. The van der Waals surface area contributed by atoms with Crippen molar-refractivity contribution < 1.29 is 0 Å². The van der Waals surface area contributed by atoms with Gasteiger partial charge in [0.15, 0.2) is 0 Å². The first kappa shape index (κ1) is 13.6. The molecule has 0 radical (unpaired) electrons. The minimum atomic E-state index is 0.969. The van der Waals surface area contributed by atoms with Gasteiger partial charge in [-0.1, -0.05) is 35.4 Å². The molecule has 1 rings (SSSR count). The van der Waals surface area contributed by atoms with Crippen molar-refractivity contribution in [2.75, 3.05) is 0 Å². The van der Waals surface area contributed by atoms with Crippen LogP contribution in [0, 0.1) is 18.8 Å². The highest BCUT2D eigenvalue weighted by atomic mass is 14.0. The van der Waals surface area contributed by atoms with Crippen molar-refractivity contribution in [2.24, 2.45) is 0 Å². The zero-order valence-electron chi connectivity index (χ0n) is 11.1. The summed E-state index contributed by atoms with van der Waals surface area (Å²) in [6.45, 7) is 8.10. The van der Waals surface area contributed by atoms with Crippen LogP contribution in [0.3, 0.4) is 0 Å². The van der Waals surface area contributed by atoms with Crippen molar-refractivity contribution in [3.05, 3.63) is 47.5 Å². The Balaban J connectivity index is 2.19. The number of benzene rings is 1. The first-order chi connectivity index (χ1) is 8.18. The van der Waals surface area contributed by atoms with Gasteiger partial charge in [0.2, 0.25) is 0 Å². The van der Waals surface area contributed by atoms with Crippen molar-refractivity contribution >= 4 is 0 Å². The van der Waals surface area contributed by atoms with Gasteiger partial charge in [-0.2, -0.15) is 0 Å². The molecule has 90 valence electrons. The van der Waals surface area contributed by atoms with E-state index in [9.17, 15) is 0 Å². The normalized spacial score (nSPS) is 9.53. The summed E-state index contributed by atoms with van der Waals surface area (Å²) in [5, 5.41) is 0. The van der Waals surface area contributed by atoms with E-state index in [2.05, 4.69) is 56.5 Å². The number of hydrogen-bond acceptors (Lipinski definition) is 0. The van der Waals surface area contributed by atoms with E-state index < -0.39 is 0 Å². The van der Waals surface area contributed by atoms with E-state index in [0.717, 1.165) is 32.1 Å². The average Bonchev–Trinajstić information content (AvgIpc) is 2.27. The molecule has 0 spiro atoms. The highest BCUT2D eigenvalue weighted by molar-refractivity contribution is 5.23. The molecule has 0 aliphatic rings. The topological polar surface area (TPSA) is 0 Å². The zero-order valence-corrected chi connectivity index (χ0v) is 11.1. The SMILES string of the molecule is C=C(C)CCCC#CCCc1cccc(C)c1. The van der Waals surface area contributed by atoms with Crippen LogP contribution in [0.15, 0.2) is 36.4 Å². The molecule has 0 saturated heterocycles. The molecular weight excluding hydrogens is 204 g/mol. The molecule has 0 fully saturated rings. The van der Waals surface area contributed by atoms with Gasteiger partial charge in [-0.05, 0) is 38.7 Å². The van der Waals surface area contributed by atoms with E-state index in [4.69, 9.17) is 0 Å². The van der Waals surface area contributed by atoms with Gasteiger partial charge in [-0.15, -0.1) is 18.4 Å². The largest absolute Gasteiger partial charge is 0.103 e. The summed E-state index contributed by atoms with van der Waals surface area (Å²) in [5.41, 5.74) is 3.98. The van der Waals surface area contributed by atoms with E-state index in [0.29, 0.717) is 0 Å². The van der Waals surface area contributed by atoms with Crippen LogP contribution in [-0.2, 0) is 6.42 Å². The summed E-state index contributed by atoms with van der Waals surface area (Å²) in [6.07, 6.45) is 5.28. The van der Waals surface area contributed by atoms with Crippen LogP contribution in [0.1, 0.15) is 43.7 Å². The Morgan fingerprint density at radius 1 is 1.24 bits per heavy atom. The third-order valence-electron chi connectivity index (χ3n) is 2.65. The fraction of sp³-hybridized carbons (Fsp3) is 0.412. The first-order valence-corrected chi connectivity index (χ1v) is 6.34. The maximum absolute atomic E-state index is 3.89. The minimum absolute atomic E-state index is 0.969. The highest BCUT2D eigenvalue weighted by Crippen LogP contribution is 2.06. The van der Waals surface area contributed by atoms with Crippen LogP contribution in [0.4, 0.5) is 0 Å². The Kier molecular flexibility index (Phi) is 6.18. The Bertz CT molecular complexity index is 415. The third kappa shape index (κ3) is 6.64. The van der Waals surface area contributed by atoms with Crippen LogP contribution in [-0.4, -0.2) is 0 Å². The molecule has 0 heteroatoms. The number of allylic oxidation sites excluding steroid dienone is 1. The summed E-state index contributed by atoms with van der Waals surface area (Å²) >= 11 is 0. The van der Waals surface area contributed by atoms with Crippen molar-refractivity contribution in [3.63, 3.8) is 0 Å². The van der Waals surface area contributed by atoms with E-state index in [1.165, 1.54) is 16.7 Å². The number of unbranched alkanes of at least 4 members (excludes halogenated alkanes) is 1. The smallest absolute Gasteiger partial charge is 0.0129 e. The molecule has 0 unspecified atom stereocenters. The van der Waals surface area contributed by atoms with Gasteiger partial charge >= 0.3 is 0 Å². The maximum Gasteiger partial charge on any atom is 0.0129 e. The molecule has 0 atom stereocenters. The van der Waals surface area contributed by atoms with Crippen molar-refractivity contribution in [1.82, 2.24) is 0 Å². The lowest BCUT2D eigenvalue weighted by Crippen LogP contribution is -1.84. The second-order valence-electron chi connectivity index (χ2n) is 4.65. The maximum atomic E-state index is 3.89. The van der Waals surface area contributed by atoms with Crippen LogP contribution in [0.5, 0.6) is 0 Å². The molecule has 0 heterocycles. The molecule has 0 nitrogen and oxygen atoms in total. The first-order valence-electron chi connectivity index (χ1n) is 6.34. The Labute approximate surface area is 106 Å². The van der Waals surface area contributed by atoms with Crippen LogP contribution >= 0.6 is 0 Å². The number of rotatable bonds is 5. The quantitative estimate of drug-likeness (QED) is 0.388. The number of hydrogen-bond donors (Lipinski definition) is 0. The van der Waals surface area contributed by atoms with Gasteiger partial charge in [-0.25, -0.2) is 0 Å². The molecule has 0 aliphatic heterocycles. The number of aryl methyl sites for hydroxylation is 2. The minimum Gasteiger partial charge on any atom is -0.103 e. The monoisotopic (exact) mass is 226 g/mol. The summed E-state index contributed by atoms with van der Waals surface area (Å²) < 4.78 is 0. The second kappa shape index (κ2) is 7.74. The van der Waals surface area contributed by atoms with E-state index >= 15 is 0 Å². The lowest BCUT2D eigenvalue weighted by atomic mass is 10.1. The van der Waals surface area contributed by atoms with E-state index in [-0.39, 0.29) is 0 Å². The fourth-order valence-electron chi connectivity index (χ4n) is 1.73. The molecule has 0 aromatic heterocycles. The van der Waals surface area contributed by atoms with Crippen LogP contribution in [0.25, 0.3) is 0 Å². The third-order valence-corrected chi connectivity index (χ3v) is 2.65. The predicted octanol–water partition coefficient (Wildman–Crippen LogP) is 4.68. The summed E-state index contributed by atoms with van der Waals surface area (Å²) in [6, 6.07) is 8.66. The molecule has 0 bridgehead atoms. The van der Waals surface area contributed by atoms with Crippen molar-refractivity contribution in [1.29, 1.82) is 0 Å². The highest BCUT2D eigenvalue weighted by Gasteiger charge is 1.91. The van der Waals surface area contributed by atoms with Gasteiger partial charge in [0.05, 0.1) is 0 Å². The summed E-state index contributed by atoms with van der Waals surface area (Å²) in [5.74, 6) is 6.48. The molecule has 17 heavy (non-hydrogen) atoms. The molecule has 1 aromatic rings. The summed E-state index contributed by atoms with van der Waals surface area (Å²) in [7, 11) is 0. The van der Waals surface area contributed by atoms with E-state index in [1.54, 1.807) is 0 Å². The summed E-state index contributed by atoms with van der Waals surface area (Å²) in [4.78, 5) is 0. The zero-order chi connectivity index (χ0) is 12.5. The molecular formula is C17H22. The Morgan fingerprint density at radius 3 is 2.71 bits per heavy atom. The van der Waals surface area contributed by atoms with E-state index in [1.807, 2.05) is 0 Å². The van der Waals surface area contributed by atoms with Crippen LogP contribution in [0.2, 0.25) is 0 Å². The molecule has 0 amide bonds. The van der Waals surface area contributed by atoms with Gasteiger partial charge in [-0.3, -0.25) is 0 Å². The second-order valence-corrected chi connectivity index (χ2v) is 4.65. The van der Waals surface area contributed by atoms with Gasteiger partial charge < -0.3 is 0 Å². The molecule has 0 saturated carbocycles. The van der Waals surface area contributed by atoms with Gasteiger partial charge in [0.25, 0.3) is 0 Å². The lowest BCUT2D eigenvalue weighted by molar-refractivity contribution is 0.848. The molecule has 0 N–H and O–H groups in total. The molecule has 1 aromatic carbocycles.